The van der Waals surface area contributed by atoms with Crippen molar-refractivity contribution >= 4 is 28.6 Å². The van der Waals surface area contributed by atoms with Crippen LogP contribution in [0.1, 0.15) is 25.9 Å². The number of carbonyl (C=O) groups excluding carboxylic acids is 1. The number of hydrogen-bond donors (Lipinski definition) is 0. The van der Waals surface area contributed by atoms with Crippen LogP contribution in [0.25, 0.3) is 11.1 Å². The van der Waals surface area contributed by atoms with E-state index in [1.807, 2.05) is 42.9 Å². The zero-order valence-electron chi connectivity index (χ0n) is 13.4. The molecular formula is C18H18N2OS2. The minimum absolute atomic E-state index is 0.0406. The molecule has 0 atom stereocenters. The smallest absolute Gasteiger partial charge is 0.255 e. The van der Waals surface area contributed by atoms with Gasteiger partial charge in [0.1, 0.15) is 0 Å². The second-order valence-electron chi connectivity index (χ2n) is 5.47. The molecule has 1 aromatic carbocycles. The van der Waals surface area contributed by atoms with Crippen LogP contribution < -0.4 is 0 Å². The zero-order chi connectivity index (χ0) is 16.4. The van der Waals surface area contributed by atoms with Crippen molar-refractivity contribution in [2.45, 2.75) is 20.4 Å². The normalized spacial score (nSPS) is 10.7. The van der Waals surface area contributed by atoms with Gasteiger partial charge < -0.3 is 4.90 Å². The van der Waals surface area contributed by atoms with Crippen LogP contribution in [0, 0.1) is 13.8 Å². The highest BCUT2D eigenvalue weighted by Gasteiger charge is 2.20. The van der Waals surface area contributed by atoms with Gasteiger partial charge in [-0.1, -0.05) is 30.3 Å². The van der Waals surface area contributed by atoms with Gasteiger partial charge >= 0.3 is 0 Å². The molecule has 0 unspecified atom stereocenters. The van der Waals surface area contributed by atoms with Crippen LogP contribution in [0.15, 0.2) is 41.1 Å². The Hall–Kier alpha value is -1.98. The van der Waals surface area contributed by atoms with Gasteiger partial charge in [-0.3, -0.25) is 4.79 Å². The van der Waals surface area contributed by atoms with E-state index in [9.17, 15) is 4.79 Å². The van der Waals surface area contributed by atoms with Crippen molar-refractivity contribution in [3.63, 3.8) is 0 Å². The first-order valence-corrected chi connectivity index (χ1v) is 9.12. The van der Waals surface area contributed by atoms with E-state index in [0.717, 1.165) is 32.3 Å². The van der Waals surface area contributed by atoms with E-state index in [0.29, 0.717) is 6.54 Å². The Morgan fingerprint density at radius 1 is 1.13 bits per heavy atom. The lowest BCUT2D eigenvalue weighted by Gasteiger charge is -2.16. The fourth-order valence-corrected chi connectivity index (χ4v) is 4.04. The molecule has 3 aromatic rings. The Balaban J connectivity index is 1.88. The van der Waals surface area contributed by atoms with E-state index in [1.54, 1.807) is 27.6 Å². The van der Waals surface area contributed by atoms with Crippen LogP contribution >= 0.6 is 22.7 Å². The molecule has 118 valence electrons. The number of benzene rings is 1. The zero-order valence-corrected chi connectivity index (χ0v) is 15.0. The number of amides is 1. The van der Waals surface area contributed by atoms with E-state index < -0.39 is 0 Å². The molecule has 0 aliphatic rings. The molecule has 2 heterocycles. The number of nitrogens with zero attached hydrogens (tertiary/aromatic N) is 2. The van der Waals surface area contributed by atoms with Gasteiger partial charge in [-0.15, -0.1) is 22.7 Å². The molecule has 0 radical (unpaired) electrons. The summed E-state index contributed by atoms with van der Waals surface area (Å²) < 4.78 is 0. The van der Waals surface area contributed by atoms with E-state index in [2.05, 4.69) is 24.0 Å². The first kappa shape index (κ1) is 15.9. The number of rotatable bonds is 4. The number of carbonyl (C=O) groups is 1. The highest BCUT2D eigenvalue weighted by atomic mass is 32.1. The molecule has 0 saturated carbocycles. The van der Waals surface area contributed by atoms with Gasteiger partial charge in [-0.25, -0.2) is 4.98 Å². The van der Waals surface area contributed by atoms with E-state index in [1.165, 1.54) is 0 Å². The number of aryl methyl sites for hydroxylation is 2. The first-order chi connectivity index (χ1) is 11.1. The fourth-order valence-electron chi connectivity index (χ4n) is 2.58. The van der Waals surface area contributed by atoms with Crippen molar-refractivity contribution in [3.8, 4) is 11.1 Å². The van der Waals surface area contributed by atoms with Gasteiger partial charge in [0.25, 0.3) is 5.91 Å². The average Bonchev–Trinajstić information content (AvgIpc) is 3.13. The number of thiazole rings is 1. The predicted octanol–water partition coefficient (Wildman–Crippen LogP) is 4.76. The number of thiophene rings is 1. The molecule has 0 aliphatic heterocycles. The Morgan fingerprint density at radius 2 is 1.87 bits per heavy atom. The second kappa shape index (κ2) is 6.64. The van der Waals surface area contributed by atoms with E-state index in [-0.39, 0.29) is 5.91 Å². The topological polar surface area (TPSA) is 33.2 Å². The van der Waals surface area contributed by atoms with Crippen LogP contribution in [0.3, 0.4) is 0 Å². The quantitative estimate of drug-likeness (QED) is 0.685. The standard InChI is InChI=1S/C18H18N2OS2/c1-12-17(14-7-5-4-6-8-14)16(11-22-12)18(21)20(3)9-15-10-23-13(2)19-15/h4-8,10-11H,9H2,1-3H3. The van der Waals surface area contributed by atoms with E-state index >= 15 is 0 Å². The fraction of sp³-hybridized carbons (Fsp3) is 0.222. The van der Waals surface area contributed by atoms with Gasteiger partial charge in [0, 0.05) is 28.2 Å². The Bertz CT molecular complexity index is 821. The molecule has 0 saturated heterocycles. The lowest BCUT2D eigenvalue weighted by atomic mass is 10.0. The lowest BCUT2D eigenvalue weighted by Crippen LogP contribution is -2.26. The summed E-state index contributed by atoms with van der Waals surface area (Å²) in [7, 11) is 1.83. The second-order valence-corrected chi connectivity index (χ2v) is 7.61. The third kappa shape index (κ3) is 3.35. The predicted molar refractivity (Wildman–Crippen MR) is 97.1 cm³/mol. The Labute approximate surface area is 144 Å². The van der Waals surface area contributed by atoms with Crippen molar-refractivity contribution < 1.29 is 4.79 Å². The van der Waals surface area contributed by atoms with Crippen LogP contribution in [-0.2, 0) is 6.54 Å². The molecule has 3 rings (SSSR count). The van der Waals surface area contributed by atoms with Gasteiger partial charge in [-0.05, 0) is 19.4 Å². The summed E-state index contributed by atoms with van der Waals surface area (Å²) in [6.45, 7) is 4.58. The highest BCUT2D eigenvalue weighted by molar-refractivity contribution is 7.10. The summed E-state index contributed by atoms with van der Waals surface area (Å²) in [5.74, 6) is 0.0406. The van der Waals surface area contributed by atoms with Crippen molar-refractivity contribution in [3.05, 3.63) is 62.2 Å². The minimum atomic E-state index is 0.0406. The minimum Gasteiger partial charge on any atom is -0.336 e. The third-order valence-electron chi connectivity index (χ3n) is 3.68. The molecule has 23 heavy (non-hydrogen) atoms. The lowest BCUT2D eigenvalue weighted by molar-refractivity contribution is 0.0785. The monoisotopic (exact) mass is 342 g/mol. The van der Waals surface area contributed by atoms with Gasteiger partial charge in [0.05, 0.1) is 22.8 Å². The summed E-state index contributed by atoms with van der Waals surface area (Å²) in [6, 6.07) is 10.1. The molecule has 0 spiro atoms. The molecule has 5 heteroatoms. The van der Waals surface area contributed by atoms with Crippen LogP contribution in [0.5, 0.6) is 0 Å². The molecule has 0 aliphatic carbocycles. The summed E-state index contributed by atoms with van der Waals surface area (Å²) >= 11 is 3.23. The van der Waals surface area contributed by atoms with Gasteiger partial charge in [0.15, 0.2) is 0 Å². The van der Waals surface area contributed by atoms with Crippen LogP contribution in [0.4, 0.5) is 0 Å². The van der Waals surface area contributed by atoms with Gasteiger partial charge in [-0.2, -0.15) is 0 Å². The molecular weight excluding hydrogens is 324 g/mol. The number of hydrogen-bond acceptors (Lipinski definition) is 4. The third-order valence-corrected chi connectivity index (χ3v) is 5.41. The molecule has 0 bridgehead atoms. The molecule has 2 aromatic heterocycles. The summed E-state index contributed by atoms with van der Waals surface area (Å²) in [6.07, 6.45) is 0. The highest BCUT2D eigenvalue weighted by Crippen LogP contribution is 2.33. The Kier molecular flexibility index (Phi) is 4.59. The molecule has 3 nitrogen and oxygen atoms in total. The molecule has 1 amide bonds. The molecule has 0 fully saturated rings. The SMILES string of the molecule is Cc1nc(CN(C)C(=O)c2csc(C)c2-c2ccccc2)cs1. The van der Waals surface area contributed by atoms with Crippen molar-refractivity contribution in [1.82, 2.24) is 9.88 Å². The largest absolute Gasteiger partial charge is 0.336 e. The first-order valence-electron chi connectivity index (χ1n) is 7.36. The maximum atomic E-state index is 12.9. The van der Waals surface area contributed by atoms with Crippen molar-refractivity contribution in [1.29, 1.82) is 0 Å². The van der Waals surface area contributed by atoms with Crippen molar-refractivity contribution in [2.75, 3.05) is 7.05 Å². The summed E-state index contributed by atoms with van der Waals surface area (Å²) in [4.78, 5) is 20.2. The number of aromatic nitrogens is 1. The van der Waals surface area contributed by atoms with E-state index in [4.69, 9.17) is 0 Å². The maximum absolute atomic E-state index is 12.9. The maximum Gasteiger partial charge on any atom is 0.255 e. The molecule has 0 N–H and O–H groups in total. The van der Waals surface area contributed by atoms with Gasteiger partial charge in [0.2, 0.25) is 0 Å². The van der Waals surface area contributed by atoms with Crippen LogP contribution in [0.2, 0.25) is 0 Å². The average molecular weight is 342 g/mol. The van der Waals surface area contributed by atoms with Crippen molar-refractivity contribution in [2.24, 2.45) is 0 Å². The summed E-state index contributed by atoms with van der Waals surface area (Å²) in [5, 5.41) is 5.00. The van der Waals surface area contributed by atoms with Crippen LogP contribution in [-0.4, -0.2) is 22.8 Å². The Morgan fingerprint density at radius 3 is 2.52 bits per heavy atom. The summed E-state index contributed by atoms with van der Waals surface area (Å²) in [5.41, 5.74) is 3.85.